The third-order valence-electron chi connectivity index (χ3n) is 3.69. The molecule has 0 fully saturated rings. The summed E-state index contributed by atoms with van der Waals surface area (Å²) in [6.07, 6.45) is 4.98. The molecule has 25 heavy (non-hydrogen) atoms. The Balaban J connectivity index is 1.78. The number of halogens is 1. The molecule has 5 nitrogen and oxygen atoms in total. The summed E-state index contributed by atoms with van der Waals surface area (Å²) in [5, 5.41) is 0. The average molecular weight is 357 g/mol. The van der Waals surface area contributed by atoms with Gasteiger partial charge in [0.2, 0.25) is 10.0 Å². The van der Waals surface area contributed by atoms with E-state index in [0.717, 1.165) is 17.2 Å². The van der Waals surface area contributed by atoms with E-state index >= 15 is 0 Å². The van der Waals surface area contributed by atoms with E-state index < -0.39 is 15.8 Å². The van der Waals surface area contributed by atoms with Crippen LogP contribution in [0.1, 0.15) is 11.1 Å². The van der Waals surface area contributed by atoms with E-state index in [9.17, 15) is 12.8 Å². The number of nitrogens with zero attached hydrogens (tertiary/aromatic N) is 2. The van der Waals surface area contributed by atoms with Crippen LogP contribution in [0.3, 0.4) is 0 Å². The number of sulfonamides is 1. The summed E-state index contributed by atoms with van der Waals surface area (Å²) in [5.74, 6) is -0.436. The Kier molecular flexibility index (Phi) is 4.87. The number of benzene rings is 1. The van der Waals surface area contributed by atoms with Gasteiger partial charge in [-0.1, -0.05) is 0 Å². The number of rotatable bonds is 5. The molecule has 1 N–H and O–H groups in total. The van der Waals surface area contributed by atoms with Crippen molar-refractivity contribution in [1.29, 1.82) is 0 Å². The number of hydrogen-bond donors (Lipinski definition) is 1. The van der Waals surface area contributed by atoms with Crippen molar-refractivity contribution in [3.63, 3.8) is 0 Å². The molecule has 0 aliphatic carbocycles. The summed E-state index contributed by atoms with van der Waals surface area (Å²) >= 11 is 0. The Morgan fingerprint density at radius 2 is 1.96 bits per heavy atom. The van der Waals surface area contributed by atoms with Crippen LogP contribution in [0.15, 0.2) is 66.0 Å². The van der Waals surface area contributed by atoms with E-state index in [1.54, 1.807) is 30.7 Å². The lowest BCUT2D eigenvalue weighted by atomic mass is 10.1. The van der Waals surface area contributed by atoms with Crippen molar-refractivity contribution in [1.82, 2.24) is 14.7 Å². The quantitative estimate of drug-likeness (QED) is 0.762. The highest BCUT2D eigenvalue weighted by atomic mass is 32.2. The monoisotopic (exact) mass is 357 g/mol. The molecule has 0 radical (unpaired) electrons. The summed E-state index contributed by atoms with van der Waals surface area (Å²) in [5.41, 5.74) is 2.60. The molecule has 2 heterocycles. The fourth-order valence-electron chi connectivity index (χ4n) is 2.30. The Hall–Kier alpha value is -2.64. The second kappa shape index (κ2) is 7.08. The molecule has 3 aromatic rings. The van der Waals surface area contributed by atoms with E-state index in [1.807, 2.05) is 12.1 Å². The van der Waals surface area contributed by atoms with E-state index in [-0.39, 0.29) is 17.0 Å². The second-order valence-electron chi connectivity index (χ2n) is 5.53. The smallest absolute Gasteiger partial charge is 0.240 e. The standard InChI is InChI=1S/C18H16FN3O2S/c1-13-9-16(4-5-17(13)19)25(23,24)22-11-14-6-8-21-18(10-14)15-3-2-7-20-12-15/h2-10,12,22H,11H2,1H3. The maximum Gasteiger partial charge on any atom is 0.240 e. The Morgan fingerprint density at radius 3 is 2.68 bits per heavy atom. The van der Waals surface area contributed by atoms with Crippen molar-refractivity contribution in [2.75, 3.05) is 0 Å². The van der Waals surface area contributed by atoms with Crippen LogP contribution in [-0.4, -0.2) is 18.4 Å². The highest BCUT2D eigenvalue weighted by molar-refractivity contribution is 7.89. The van der Waals surface area contributed by atoms with Gasteiger partial charge in [-0.25, -0.2) is 17.5 Å². The van der Waals surface area contributed by atoms with Crippen LogP contribution in [0.2, 0.25) is 0 Å². The number of aromatic nitrogens is 2. The maximum atomic E-state index is 13.3. The van der Waals surface area contributed by atoms with Gasteiger partial charge in [-0.15, -0.1) is 0 Å². The normalized spacial score (nSPS) is 11.4. The molecule has 0 amide bonds. The van der Waals surface area contributed by atoms with Gasteiger partial charge in [0.15, 0.2) is 0 Å². The van der Waals surface area contributed by atoms with E-state index in [0.29, 0.717) is 5.69 Å². The van der Waals surface area contributed by atoms with Gasteiger partial charge in [0.05, 0.1) is 10.6 Å². The minimum atomic E-state index is -3.72. The van der Waals surface area contributed by atoms with Gasteiger partial charge in [-0.3, -0.25) is 9.97 Å². The lowest BCUT2D eigenvalue weighted by Gasteiger charge is -2.09. The van der Waals surface area contributed by atoms with Crippen molar-refractivity contribution < 1.29 is 12.8 Å². The lowest BCUT2D eigenvalue weighted by molar-refractivity contribution is 0.579. The minimum Gasteiger partial charge on any atom is -0.264 e. The average Bonchev–Trinajstić information content (AvgIpc) is 2.63. The largest absolute Gasteiger partial charge is 0.264 e. The fraction of sp³-hybridized carbons (Fsp3) is 0.111. The van der Waals surface area contributed by atoms with E-state index in [2.05, 4.69) is 14.7 Å². The molecule has 0 saturated heterocycles. The molecule has 0 bridgehead atoms. The molecule has 3 rings (SSSR count). The summed E-state index contributed by atoms with van der Waals surface area (Å²) in [6, 6.07) is 10.9. The van der Waals surface area contributed by atoms with Gasteiger partial charge in [0.25, 0.3) is 0 Å². The number of pyridine rings is 2. The number of hydrogen-bond acceptors (Lipinski definition) is 4. The SMILES string of the molecule is Cc1cc(S(=O)(=O)NCc2ccnc(-c3cccnc3)c2)ccc1F. The Labute approximate surface area is 145 Å². The Bertz CT molecular complexity index is 992. The first-order chi connectivity index (χ1) is 12.0. The van der Waals surface area contributed by atoms with Crippen molar-refractivity contribution >= 4 is 10.0 Å². The third-order valence-corrected chi connectivity index (χ3v) is 5.09. The molecule has 0 aliphatic rings. The summed E-state index contributed by atoms with van der Waals surface area (Å²) in [7, 11) is -3.72. The van der Waals surface area contributed by atoms with Crippen LogP contribution < -0.4 is 4.72 Å². The van der Waals surface area contributed by atoms with Crippen LogP contribution >= 0.6 is 0 Å². The van der Waals surface area contributed by atoms with Crippen LogP contribution in [0.25, 0.3) is 11.3 Å². The summed E-state index contributed by atoms with van der Waals surface area (Å²) < 4.78 is 40.6. The molecular weight excluding hydrogens is 341 g/mol. The van der Waals surface area contributed by atoms with Crippen LogP contribution in [0.4, 0.5) is 4.39 Å². The van der Waals surface area contributed by atoms with Crippen molar-refractivity contribution in [3.8, 4) is 11.3 Å². The van der Waals surface area contributed by atoms with Crippen molar-refractivity contribution in [2.45, 2.75) is 18.4 Å². The fourth-order valence-corrected chi connectivity index (χ4v) is 3.40. The first-order valence-electron chi connectivity index (χ1n) is 7.57. The number of aryl methyl sites for hydroxylation is 1. The van der Waals surface area contributed by atoms with Gasteiger partial charge < -0.3 is 0 Å². The van der Waals surface area contributed by atoms with Crippen LogP contribution in [-0.2, 0) is 16.6 Å². The predicted molar refractivity (Wildman–Crippen MR) is 92.6 cm³/mol. The first kappa shape index (κ1) is 17.2. The minimum absolute atomic E-state index is 0.0351. The highest BCUT2D eigenvalue weighted by Crippen LogP contribution is 2.17. The molecule has 0 atom stereocenters. The molecular formula is C18H16FN3O2S. The zero-order chi connectivity index (χ0) is 17.9. The molecule has 0 unspecified atom stereocenters. The van der Waals surface area contributed by atoms with Gasteiger partial charge in [-0.2, -0.15) is 0 Å². The Morgan fingerprint density at radius 1 is 1.12 bits per heavy atom. The highest BCUT2D eigenvalue weighted by Gasteiger charge is 2.15. The lowest BCUT2D eigenvalue weighted by Crippen LogP contribution is -2.23. The van der Waals surface area contributed by atoms with Crippen molar-refractivity contribution in [2.24, 2.45) is 0 Å². The number of nitrogens with one attached hydrogen (secondary N) is 1. The first-order valence-corrected chi connectivity index (χ1v) is 9.05. The predicted octanol–water partition coefficient (Wildman–Crippen LogP) is 3.07. The molecule has 1 aromatic carbocycles. The molecule has 2 aromatic heterocycles. The van der Waals surface area contributed by atoms with E-state index in [1.165, 1.54) is 19.1 Å². The zero-order valence-electron chi connectivity index (χ0n) is 13.5. The van der Waals surface area contributed by atoms with Gasteiger partial charge in [0.1, 0.15) is 5.82 Å². The second-order valence-corrected chi connectivity index (χ2v) is 7.29. The van der Waals surface area contributed by atoms with Crippen molar-refractivity contribution in [3.05, 3.63) is 78.0 Å². The van der Waals surface area contributed by atoms with Crippen LogP contribution in [0, 0.1) is 12.7 Å². The molecule has 128 valence electrons. The summed E-state index contributed by atoms with van der Waals surface area (Å²) in [6.45, 7) is 1.63. The zero-order valence-corrected chi connectivity index (χ0v) is 14.3. The summed E-state index contributed by atoms with van der Waals surface area (Å²) in [4.78, 5) is 8.36. The molecule has 0 saturated carbocycles. The van der Waals surface area contributed by atoms with Gasteiger partial charge >= 0.3 is 0 Å². The third kappa shape index (κ3) is 4.07. The maximum absolute atomic E-state index is 13.3. The van der Waals surface area contributed by atoms with E-state index in [4.69, 9.17) is 0 Å². The van der Waals surface area contributed by atoms with Gasteiger partial charge in [0, 0.05) is 30.7 Å². The molecule has 7 heteroatoms. The molecule has 0 spiro atoms. The van der Waals surface area contributed by atoms with Crippen LogP contribution in [0.5, 0.6) is 0 Å². The van der Waals surface area contributed by atoms with Gasteiger partial charge in [-0.05, 0) is 60.5 Å². The topological polar surface area (TPSA) is 72.0 Å². The molecule has 0 aliphatic heterocycles.